The number of allylic oxidation sites excluding steroid dienone is 1. The fourth-order valence-corrected chi connectivity index (χ4v) is 2.45. The van der Waals surface area contributed by atoms with Crippen LogP contribution in [0.2, 0.25) is 5.02 Å². The molecule has 17 heavy (non-hydrogen) atoms. The predicted molar refractivity (Wildman–Crippen MR) is 73.9 cm³/mol. The van der Waals surface area contributed by atoms with Crippen LogP contribution in [0.1, 0.15) is 20.8 Å². The molecule has 0 aliphatic carbocycles. The van der Waals surface area contributed by atoms with E-state index >= 15 is 0 Å². The molecule has 0 bridgehead atoms. The molecule has 86 valence electrons. The summed E-state index contributed by atoms with van der Waals surface area (Å²) in [5, 5.41) is 2.59. The quantitative estimate of drug-likeness (QED) is 0.583. The molecule has 0 radical (unpaired) electrons. The van der Waals surface area contributed by atoms with Crippen LogP contribution in [0.25, 0.3) is 6.08 Å². The molecule has 0 saturated heterocycles. The first kappa shape index (κ1) is 12.1. The number of ketones is 1. The normalized spacial score (nSPS) is 10.9. The Hall–Kier alpha value is -1.38. The van der Waals surface area contributed by atoms with Crippen molar-refractivity contribution in [2.24, 2.45) is 0 Å². The maximum atomic E-state index is 11.9. The largest absolute Gasteiger partial charge is 0.289 e. The van der Waals surface area contributed by atoms with Crippen molar-refractivity contribution in [1.29, 1.82) is 0 Å². The van der Waals surface area contributed by atoms with E-state index in [1.807, 2.05) is 24.4 Å². The van der Waals surface area contributed by atoms with Gasteiger partial charge in [-0.25, -0.2) is 0 Å². The Morgan fingerprint density at radius 3 is 2.82 bits per heavy atom. The fourth-order valence-electron chi connectivity index (χ4n) is 1.44. The van der Waals surface area contributed by atoms with Gasteiger partial charge in [-0.1, -0.05) is 23.7 Å². The Morgan fingerprint density at radius 2 is 2.18 bits per heavy atom. The van der Waals surface area contributed by atoms with E-state index in [0.29, 0.717) is 10.6 Å². The molecule has 2 rings (SSSR count). The molecule has 1 nitrogen and oxygen atoms in total. The highest BCUT2D eigenvalue weighted by molar-refractivity contribution is 7.11. The van der Waals surface area contributed by atoms with Crippen molar-refractivity contribution in [2.45, 2.75) is 6.92 Å². The van der Waals surface area contributed by atoms with E-state index in [0.717, 1.165) is 4.88 Å². The number of aryl methyl sites for hydroxylation is 1. The smallest absolute Gasteiger partial charge is 0.185 e. The first-order valence-electron chi connectivity index (χ1n) is 5.19. The highest BCUT2D eigenvalue weighted by Gasteiger charge is 2.02. The van der Waals surface area contributed by atoms with Gasteiger partial charge >= 0.3 is 0 Å². The lowest BCUT2D eigenvalue weighted by Gasteiger charge is -1.96. The van der Waals surface area contributed by atoms with Crippen molar-refractivity contribution in [2.75, 3.05) is 0 Å². The van der Waals surface area contributed by atoms with E-state index in [1.165, 1.54) is 5.56 Å². The molecule has 0 N–H and O–H groups in total. The maximum Gasteiger partial charge on any atom is 0.185 e. The van der Waals surface area contributed by atoms with E-state index in [4.69, 9.17) is 11.6 Å². The van der Waals surface area contributed by atoms with Gasteiger partial charge in [-0.05, 0) is 48.2 Å². The molecule has 1 heterocycles. The van der Waals surface area contributed by atoms with Crippen LogP contribution in [0.5, 0.6) is 0 Å². The molecule has 0 aliphatic heterocycles. The monoisotopic (exact) mass is 262 g/mol. The molecule has 0 fully saturated rings. The van der Waals surface area contributed by atoms with Crippen LogP contribution in [0, 0.1) is 6.92 Å². The maximum absolute atomic E-state index is 11.9. The number of halogens is 1. The van der Waals surface area contributed by atoms with Crippen molar-refractivity contribution < 1.29 is 4.79 Å². The van der Waals surface area contributed by atoms with Crippen LogP contribution >= 0.6 is 22.9 Å². The molecule has 2 aromatic rings. The summed E-state index contributed by atoms with van der Waals surface area (Å²) in [6, 6.07) is 9.01. The van der Waals surface area contributed by atoms with Gasteiger partial charge in [-0.2, -0.15) is 0 Å². The molecule has 1 aromatic heterocycles. The zero-order chi connectivity index (χ0) is 12.3. The van der Waals surface area contributed by atoms with Crippen LogP contribution in [0.3, 0.4) is 0 Å². The zero-order valence-corrected chi connectivity index (χ0v) is 10.9. The summed E-state index contributed by atoms with van der Waals surface area (Å²) in [7, 11) is 0. The van der Waals surface area contributed by atoms with Gasteiger partial charge in [0.05, 0.1) is 0 Å². The van der Waals surface area contributed by atoms with Gasteiger partial charge < -0.3 is 0 Å². The summed E-state index contributed by atoms with van der Waals surface area (Å²) in [5.41, 5.74) is 1.80. The third-order valence-corrected chi connectivity index (χ3v) is 3.62. The van der Waals surface area contributed by atoms with Crippen molar-refractivity contribution >= 4 is 34.8 Å². The number of hydrogen-bond donors (Lipinski definition) is 0. The Balaban J connectivity index is 2.17. The fraction of sp³-hybridized carbons (Fsp3) is 0.0714. The van der Waals surface area contributed by atoms with E-state index in [2.05, 4.69) is 0 Å². The molecule has 0 atom stereocenters. The molecule has 1 aromatic carbocycles. The molecule has 0 saturated carbocycles. The van der Waals surface area contributed by atoms with Gasteiger partial charge in [0, 0.05) is 15.5 Å². The minimum absolute atomic E-state index is 0.0275. The number of carbonyl (C=O) groups is 1. The highest BCUT2D eigenvalue weighted by atomic mass is 35.5. The molecule has 0 unspecified atom stereocenters. The minimum atomic E-state index is -0.0275. The summed E-state index contributed by atoms with van der Waals surface area (Å²) in [4.78, 5) is 13.0. The molecule has 0 amide bonds. The number of benzene rings is 1. The first-order chi connectivity index (χ1) is 8.16. The lowest BCUT2D eigenvalue weighted by Crippen LogP contribution is -1.93. The second-order valence-corrected chi connectivity index (χ2v) is 5.06. The topological polar surface area (TPSA) is 17.1 Å². The number of rotatable bonds is 3. The SMILES string of the molecule is Cc1ccsc1C=CC(=O)c1cccc(Cl)c1. The third kappa shape index (κ3) is 3.05. The van der Waals surface area contributed by atoms with Crippen molar-refractivity contribution in [3.05, 3.63) is 62.8 Å². The second-order valence-electron chi connectivity index (χ2n) is 3.68. The minimum Gasteiger partial charge on any atom is -0.289 e. The summed E-state index contributed by atoms with van der Waals surface area (Å²) in [6.07, 6.45) is 3.44. The second kappa shape index (κ2) is 5.30. The Kier molecular flexibility index (Phi) is 3.77. The van der Waals surface area contributed by atoms with Crippen molar-refractivity contribution in [3.63, 3.8) is 0 Å². The summed E-state index contributed by atoms with van der Waals surface area (Å²) in [5.74, 6) is -0.0275. The van der Waals surface area contributed by atoms with Crippen molar-refractivity contribution in [3.8, 4) is 0 Å². The van der Waals surface area contributed by atoms with Crippen LogP contribution in [0.4, 0.5) is 0 Å². The summed E-state index contributed by atoms with van der Waals surface area (Å²) in [6.45, 7) is 2.03. The van der Waals surface area contributed by atoms with E-state index < -0.39 is 0 Å². The molecule has 3 heteroatoms. The predicted octanol–water partition coefficient (Wildman–Crippen LogP) is 4.61. The van der Waals surface area contributed by atoms with Gasteiger partial charge in [0.2, 0.25) is 0 Å². The standard InChI is InChI=1S/C14H11ClOS/c1-10-7-8-17-14(10)6-5-13(16)11-3-2-4-12(15)9-11/h2-9H,1H3. The average molecular weight is 263 g/mol. The van der Waals surface area contributed by atoms with Gasteiger partial charge in [-0.3, -0.25) is 4.79 Å². The highest BCUT2D eigenvalue weighted by Crippen LogP contribution is 2.18. The zero-order valence-electron chi connectivity index (χ0n) is 9.31. The Morgan fingerprint density at radius 1 is 1.35 bits per heavy atom. The van der Waals surface area contributed by atoms with E-state index in [1.54, 1.807) is 41.7 Å². The van der Waals surface area contributed by atoms with Gasteiger partial charge in [0.25, 0.3) is 0 Å². The van der Waals surface area contributed by atoms with E-state index in [9.17, 15) is 4.79 Å². The van der Waals surface area contributed by atoms with Crippen LogP contribution in [-0.2, 0) is 0 Å². The number of carbonyl (C=O) groups excluding carboxylic acids is 1. The molecular weight excluding hydrogens is 252 g/mol. The Labute approximate surface area is 109 Å². The van der Waals surface area contributed by atoms with Gasteiger partial charge in [0.15, 0.2) is 5.78 Å². The molecule has 0 aliphatic rings. The average Bonchev–Trinajstić information content (AvgIpc) is 2.72. The molecular formula is C14H11ClOS. The first-order valence-corrected chi connectivity index (χ1v) is 6.44. The summed E-state index contributed by atoms with van der Waals surface area (Å²) < 4.78 is 0. The lowest BCUT2D eigenvalue weighted by molar-refractivity contribution is 0.104. The summed E-state index contributed by atoms with van der Waals surface area (Å²) >= 11 is 7.46. The van der Waals surface area contributed by atoms with Gasteiger partial charge in [0.1, 0.15) is 0 Å². The third-order valence-electron chi connectivity index (χ3n) is 2.40. The molecule has 0 spiro atoms. The van der Waals surface area contributed by atoms with Crippen LogP contribution in [-0.4, -0.2) is 5.78 Å². The lowest BCUT2D eigenvalue weighted by atomic mass is 10.1. The number of thiophene rings is 1. The van der Waals surface area contributed by atoms with Gasteiger partial charge in [-0.15, -0.1) is 11.3 Å². The number of hydrogen-bond acceptors (Lipinski definition) is 2. The van der Waals surface area contributed by atoms with Crippen molar-refractivity contribution in [1.82, 2.24) is 0 Å². The Bertz CT molecular complexity index is 569. The van der Waals surface area contributed by atoms with Crippen LogP contribution in [0.15, 0.2) is 41.8 Å². The van der Waals surface area contributed by atoms with E-state index in [-0.39, 0.29) is 5.78 Å². The van der Waals surface area contributed by atoms with Crippen LogP contribution < -0.4 is 0 Å².